The van der Waals surface area contributed by atoms with E-state index in [0.717, 1.165) is 6.07 Å². The minimum absolute atomic E-state index is 0.0572. The van der Waals surface area contributed by atoms with Crippen LogP contribution in [0.25, 0.3) is 0 Å². The Morgan fingerprint density at radius 2 is 2.11 bits per heavy atom. The molecule has 6 heteroatoms. The van der Waals surface area contributed by atoms with Gasteiger partial charge in [-0.2, -0.15) is 4.98 Å². The van der Waals surface area contributed by atoms with Crippen molar-refractivity contribution < 1.29 is 9.13 Å². The number of nitrogens with two attached hydrogens (primary N) is 1. The maximum absolute atomic E-state index is 12.9. The molecule has 100 valence electrons. The summed E-state index contributed by atoms with van der Waals surface area (Å²) in [6, 6.07) is 4.98. The molecule has 0 amide bonds. The summed E-state index contributed by atoms with van der Waals surface area (Å²) in [4.78, 5) is 18.3. The zero-order valence-electron chi connectivity index (χ0n) is 10.6. The first-order valence-corrected chi connectivity index (χ1v) is 5.80. The molecule has 1 aromatic carbocycles. The van der Waals surface area contributed by atoms with E-state index < -0.39 is 5.82 Å². The quantitative estimate of drug-likeness (QED) is 0.833. The highest BCUT2D eigenvalue weighted by Gasteiger charge is 2.09. The Balaban J connectivity index is 2.35. The van der Waals surface area contributed by atoms with Crippen molar-refractivity contribution in [2.24, 2.45) is 0 Å². The van der Waals surface area contributed by atoms with Gasteiger partial charge in [-0.05, 0) is 12.1 Å². The average molecular weight is 263 g/mol. The topological polar surface area (TPSA) is 81.0 Å². The third kappa shape index (κ3) is 3.09. The number of nitrogen functional groups attached to an aromatic ring is 1. The van der Waals surface area contributed by atoms with Crippen LogP contribution in [-0.4, -0.2) is 9.97 Å². The number of halogens is 1. The van der Waals surface area contributed by atoms with E-state index >= 15 is 0 Å². The summed E-state index contributed by atoms with van der Waals surface area (Å²) in [5, 5.41) is 0. The molecule has 0 fully saturated rings. The molecule has 0 aliphatic carbocycles. The smallest absolute Gasteiger partial charge is 0.254 e. The van der Waals surface area contributed by atoms with E-state index in [1.54, 1.807) is 0 Å². The van der Waals surface area contributed by atoms with Crippen LogP contribution in [0, 0.1) is 5.82 Å². The van der Waals surface area contributed by atoms with E-state index in [1.807, 2.05) is 13.8 Å². The van der Waals surface area contributed by atoms with Crippen LogP contribution < -0.4 is 16.0 Å². The van der Waals surface area contributed by atoms with Crippen molar-refractivity contribution in [1.29, 1.82) is 0 Å². The highest BCUT2D eigenvalue weighted by molar-refractivity contribution is 5.53. The average Bonchev–Trinajstić information content (AvgIpc) is 2.32. The van der Waals surface area contributed by atoms with Crippen LogP contribution in [0.4, 0.5) is 10.1 Å². The second kappa shape index (κ2) is 5.09. The lowest BCUT2D eigenvalue weighted by molar-refractivity contribution is 0.456. The van der Waals surface area contributed by atoms with Gasteiger partial charge in [-0.15, -0.1) is 0 Å². The van der Waals surface area contributed by atoms with Gasteiger partial charge >= 0.3 is 0 Å². The van der Waals surface area contributed by atoms with Crippen molar-refractivity contribution in [1.82, 2.24) is 9.97 Å². The van der Waals surface area contributed by atoms with Crippen molar-refractivity contribution in [2.75, 3.05) is 5.73 Å². The normalized spacial score (nSPS) is 10.7. The lowest BCUT2D eigenvalue weighted by Gasteiger charge is -2.09. The molecule has 0 aliphatic rings. The number of hydrogen-bond donors (Lipinski definition) is 2. The SMILES string of the molecule is CC(C)c1nc(Oc2ccc(F)cc2N)cc(=O)[nH]1. The molecule has 0 unspecified atom stereocenters. The third-order valence-electron chi connectivity index (χ3n) is 2.47. The van der Waals surface area contributed by atoms with Crippen LogP contribution in [0.1, 0.15) is 25.6 Å². The molecule has 1 aromatic heterocycles. The van der Waals surface area contributed by atoms with Gasteiger partial charge in [0.25, 0.3) is 5.56 Å². The number of H-pyrrole nitrogens is 1. The molecule has 1 heterocycles. The van der Waals surface area contributed by atoms with Gasteiger partial charge in [-0.1, -0.05) is 13.8 Å². The third-order valence-corrected chi connectivity index (χ3v) is 2.47. The molecule has 0 spiro atoms. The summed E-state index contributed by atoms with van der Waals surface area (Å²) in [5.41, 5.74) is 5.46. The van der Waals surface area contributed by atoms with E-state index in [0.29, 0.717) is 5.82 Å². The number of benzene rings is 1. The van der Waals surface area contributed by atoms with Crippen molar-refractivity contribution in [3.63, 3.8) is 0 Å². The summed E-state index contributed by atoms with van der Waals surface area (Å²) in [6.07, 6.45) is 0. The predicted molar refractivity (Wildman–Crippen MR) is 69.8 cm³/mol. The number of ether oxygens (including phenoxy) is 1. The van der Waals surface area contributed by atoms with E-state index in [-0.39, 0.29) is 28.8 Å². The predicted octanol–water partition coefficient (Wildman–Crippen LogP) is 2.41. The maximum atomic E-state index is 12.9. The molecule has 2 rings (SSSR count). The number of nitrogens with one attached hydrogen (secondary N) is 1. The van der Waals surface area contributed by atoms with Gasteiger partial charge in [0.2, 0.25) is 5.88 Å². The Morgan fingerprint density at radius 3 is 2.74 bits per heavy atom. The molecule has 3 N–H and O–H groups in total. The summed E-state index contributed by atoms with van der Waals surface area (Å²) < 4.78 is 18.3. The number of aromatic nitrogens is 2. The monoisotopic (exact) mass is 263 g/mol. The second-order valence-electron chi connectivity index (χ2n) is 4.41. The van der Waals surface area contributed by atoms with Crippen molar-refractivity contribution >= 4 is 5.69 Å². The molecule has 0 aliphatic heterocycles. The second-order valence-corrected chi connectivity index (χ2v) is 4.41. The lowest BCUT2D eigenvalue weighted by atomic mass is 10.2. The van der Waals surface area contributed by atoms with Gasteiger partial charge in [-0.25, -0.2) is 4.39 Å². The van der Waals surface area contributed by atoms with Crippen molar-refractivity contribution in [2.45, 2.75) is 19.8 Å². The Hall–Kier alpha value is -2.37. The number of nitrogens with zero attached hydrogens (tertiary/aromatic N) is 1. The van der Waals surface area contributed by atoms with Crippen LogP contribution in [0.2, 0.25) is 0 Å². The van der Waals surface area contributed by atoms with E-state index in [1.165, 1.54) is 18.2 Å². The molecule has 0 saturated heterocycles. The molecule has 0 saturated carbocycles. The fourth-order valence-corrected chi connectivity index (χ4v) is 1.50. The number of anilines is 1. The zero-order valence-corrected chi connectivity index (χ0v) is 10.6. The van der Waals surface area contributed by atoms with Gasteiger partial charge in [0.1, 0.15) is 11.6 Å². The minimum Gasteiger partial charge on any atom is -0.437 e. The van der Waals surface area contributed by atoms with Crippen molar-refractivity contribution in [3.8, 4) is 11.6 Å². The van der Waals surface area contributed by atoms with Gasteiger partial charge in [0, 0.05) is 12.0 Å². The van der Waals surface area contributed by atoms with Crippen LogP contribution in [0.5, 0.6) is 11.6 Å². The Morgan fingerprint density at radius 1 is 1.37 bits per heavy atom. The van der Waals surface area contributed by atoms with Gasteiger partial charge < -0.3 is 15.5 Å². The van der Waals surface area contributed by atoms with Crippen LogP contribution >= 0.6 is 0 Å². The summed E-state index contributed by atoms with van der Waals surface area (Å²) in [7, 11) is 0. The first-order valence-electron chi connectivity index (χ1n) is 5.80. The molecule has 0 bridgehead atoms. The first kappa shape index (κ1) is 13.1. The van der Waals surface area contributed by atoms with Crippen LogP contribution in [0.15, 0.2) is 29.1 Å². The Labute approximate surface area is 109 Å². The standard InChI is InChI=1S/C13H14FN3O2/c1-7(2)13-16-11(18)6-12(17-13)19-10-4-3-8(14)5-9(10)15/h3-7H,15H2,1-2H3,(H,16,17,18). The molecule has 5 nitrogen and oxygen atoms in total. The molecule has 0 atom stereocenters. The molecule has 2 aromatic rings. The van der Waals surface area contributed by atoms with E-state index in [9.17, 15) is 9.18 Å². The molecular formula is C13H14FN3O2. The summed E-state index contributed by atoms with van der Waals surface area (Å²) in [5.74, 6) is 0.511. The zero-order chi connectivity index (χ0) is 14.0. The highest BCUT2D eigenvalue weighted by atomic mass is 19.1. The highest BCUT2D eigenvalue weighted by Crippen LogP contribution is 2.26. The van der Waals surface area contributed by atoms with Crippen LogP contribution in [0.3, 0.4) is 0 Å². The summed E-state index contributed by atoms with van der Waals surface area (Å²) in [6.45, 7) is 3.79. The largest absolute Gasteiger partial charge is 0.437 e. The van der Waals surface area contributed by atoms with E-state index in [4.69, 9.17) is 10.5 Å². The Bertz CT molecular complexity index is 653. The lowest BCUT2D eigenvalue weighted by Crippen LogP contribution is -2.12. The van der Waals surface area contributed by atoms with Gasteiger partial charge in [0.15, 0.2) is 5.75 Å². The van der Waals surface area contributed by atoms with Crippen molar-refractivity contribution in [3.05, 3.63) is 46.3 Å². The van der Waals surface area contributed by atoms with Gasteiger partial charge in [0.05, 0.1) is 11.8 Å². The molecule has 0 radical (unpaired) electrons. The fraction of sp³-hybridized carbons (Fsp3) is 0.231. The number of aromatic amines is 1. The minimum atomic E-state index is -0.452. The maximum Gasteiger partial charge on any atom is 0.254 e. The van der Waals surface area contributed by atoms with Gasteiger partial charge in [-0.3, -0.25) is 4.79 Å². The Kier molecular flexibility index (Phi) is 3.50. The summed E-state index contributed by atoms with van der Waals surface area (Å²) >= 11 is 0. The molecular weight excluding hydrogens is 249 g/mol. The fourth-order valence-electron chi connectivity index (χ4n) is 1.50. The van der Waals surface area contributed by atoms with Crippen LogP contribution in [-0.2, 0) is 0 Å². The first-order chi connectivity index (χ1) is 8.95. The van der Waals surface area contributed by atoms with E-state index in [2.05, 4.69) is 9.97 Å². The number of hydrogen-bond acceptors (Lipinski definition) is 4. The molecule has 19 heavy (non-hydrogen) atoms. The number of rotatable bonds is 3.